The largest absolute Gasteiger partial charge is 0.508 e. The van der Waals surface area contributed by atoms with Gasteiger partial charge >= 0.3 is 0 Å². The zero-order chi connectivity index (χ0) is 20.7. The van der Waals surface area contributed by atoms with E-state index in [0.717, 1.165) is 25.7 Å². The molecule has 0 heterocycles. The van der Waals surface area contributed by atoms with Gasteiger partial charge in [0.2, 0.25) is 5.78 Å². The lowest BCUT2D eigenvalue weighted by atomic mass is 9.87. The van der Waals surface area contributed by atoms with Crippen molar-refractivity contribution >= 4 is 5.78 Å². The number of unbranched alkanes of at least 4 members (excludes halogenated alkanes) is 3. The second-order valence-electron chi connectivity index (χ2n) is 8.29. The molecule has 0 saturated carbocycles. The van der Waals surface area contributed by atoms with Crippen LogP contribution in [0.1, 0.15) is 74.9 Å². The van der Waals surface area contributed by atoms with Crippen LogP contribution in [0.5, 0.6) is 17.2 Å². The van der Waals surface area contributed by atoms with Crippen molar-refractivity contribution in [2.45, 2.75) is 65.2 Å². The highest BCUT2D eigenvalue weighted by Gasteiger charge is 2.17. The van der Waals surface area contributed by atoms with E-state index >= 15 is 0 Å². The molecule has 0 spiro atoms. The Morgan fingerprint density at radius 2 is 1.64 bits per heavy atom. The monoisotopic (exact) mass is 384 g/mol. The van der Waals surface area contributed by atoms with Gasteiger partial charge < -0.3 is 14.9 Å². The molecule has 0 saturated heterocycles. The van der Waals surface area contributed by atoms with Crippen molar-refractivity contribution in [1.82, 2.24) is 0 Å². The third-order valence-electron chi connectivity index (χ3n) is 4.89. The molecule has 28 heavy (non-hydrogen) atoms. The van der Waals surface area contributed by atoms with Gasteiger partial charge in [-0.25, -0.2) is 0 Å². The predicted molar refractivity (Wildman–Crippen MR) is 113 cm³/mol. The molecule has 2 N–H and O–H groups in total. The number of aromatic hydroxyl groups is 2. The average Bonchev–Trinajstić information content (AvgIpc) is 2.64. The molecule has 0 bridgehead atoms. The van der Waals surface area contributed by atoms with Crippen LogP contribution in [-0.4, -0.2) is 22.6 Å². The second-order valence-corrected chi connectivity index (χ2v) is 8.29. The number of carbonyl (C=O) groups is 1. The Hall–Kier alpha value is -2.49. The highest BCUT2D eigenvalue weighted by atomic mass is 16.5. The Labute approximate surface area is 168 Å². The minimum absolute atomic E-state index is 0.0317. The number of benzene rings is 2. The molecule has 152 valence electrons. The van der Waals surface area contributed by atoms with Crippen LogP contribution < -0.4 is 4.74 Å². The molecule has 0 unspecified atom stereocenters. The quantitative estimate of drug-likeness (QED) is 0.425. The molecule has 0 aliphatic carbocycles. The Kier molecular flexibility index (Phi) is 7.50. The van der Waals surface area contributed by atoms with Crippen LogP contribution in [0.25, 0.3) is 0 Å². The molecule has 0 fully saturated rings. The summed E-state index contributed by atoms with van der Waals surface area (Å²) in [5, 5.41) is 20.1. The fourth-order valence-electron chi connectivity index (χ4n) is 3.07. The molecule has 4 heteroatoms. The minimum Gasteiger partial charge on any atom is -0.508 e. The third kappa shape index (κ3) is 6.01. The van der Waals surface area contributed by atoms with Crippen LogP contribution in [0.3, 0.4) is 0 Å². The number of hydrogen-bond acceptors (Lipinski definition) is 4. The standard InChI is InChI=1S/C24H32O4/c1-5-6-7-8-9-17-14-20(22(26)15-21(17)25)23(27)16-28-19-12-10-18(11-13-19)24(2,3)4/h10-15,25-26H,5-9,16H2,1-4H3. The average molecular weight is 385 g/mol. The number of carbonyl (C=O) groups excluding carboxylic acids is 1. The fraction of sp³-hybridized carbons (Fsp3) is 0.458. The van der Waals surface area contributed by atoms with Gasteiger partial charge in [0.1, 0.15) is 17.2 Å². The van der Waals surface area contributed by atoms with Crippen LogP contribution in [0.2, 0.25) is 0 Å². The smallest absolute Gasteiger partial charge is 0.203 e. The lowest BCUT2D eigenvalue weighted by molar-refractivity contribution is 0.0918. The molecule has 2 aromatic carbocycles. The molecule has 2 aromatic rings. The Morgan fingerprint density at radius 1 is 0.964 bits per heavy atom. The molecule has 0 radical (unpaired) electrons. The van der Waals surface area contributed by atoms with Gasteiger partial charge in [0, 0.05) is 6.07 Å². The normalized spacial score (nSPS) is 11.4. The SMILES string of the molecule is CCCCCCc1cc(C(=O)COc2ccc(C(C)(C)C)cc2)c(O)cc1O. The van der Waals surface area contributed by atoms with Crippen molar-refractivity contribution < 1.29 is 19.7 Å². The first-order chi connectivity index (χ1) is 13.2. The van der Waals surface area contributed by atoms with Crippen molar-refractivity contribution in [3.8, 4) is 17.2 Å². The van der Waals surface area contributed by atoms with Crippen molar-refractivity contribution in [3.05, 3.63) is 53.1 Å². The van der Waals surface area contributed by atoms with Gasteiger partial charge in [-0.15, -0.1) is 0 Å². The summed E-state index contributed by atoms with van der Waals surface area (Å²) in [6.07, 6.45) is 4.98. The Morgan fingerprint density at radius 3 is 2.25 bits per heavy atom. The van der Waals surface area contributed by atoms with E-state index in [-0.39, 0.29) is 34.9 Å². The summed E-state index contributed by atoms with van der Waals surface area (Å²) in [7, 11) is 0. The first-order valence-corrected chi connectivity index (χ1v) is 10.0. The van der Waals surface area contributed by atoms with Gasteiger partial charge in [0.15, 0.2) is 6.61 Å². The van der Waals surface area contributed by atoms with E-state index < -0.39 is 0 Å². The van der Waals surface area contributed by atoms with E-state index in [1.54, 1.807) is 6.07 Å². The van der Waals surface area contributed by atoms with E-state index in [4.69, 9.17) is 4.74 Å². The lowest BCUT2D eigenvalue weighted by Crippen LogP contribution is -2.13. The van der Waals surface area contributed by atoms with Crippen LogP contribution in [-0.2, 0) is 11.8 Å². The summed E-state index contributed by atoms with van der Waals surface area (Å²) < 4.78 is 5.60. The zero-order valence-electron chi connectivity index (χ0n) is 17.4. The molecule has 0 aliphatic rings. The van der Waals surface area contributed by atoms with E-state index in [0.29, 0.717) is 17.7 Å². The molecule has 0 aromatic heterocycles. The van der Waals surface area contributed by atoms with Crippen LogP contribution in [0.4, 0.5) is 0 Å². The predicted octanol–water partition coefficient (Wildman–Crippen LogP) is 5.78. The highest BCUT2D eigenvalue weighted by molar-refractivity contribution is 6.00. The summed E-state index contributed by atoms with van der Waals surface area (Å²) in [5.41, 5.74) is 2.12. The van der Waals surface area contributed by atoms with Gasteiger partial charge in [0.05, 0.1) is 5.56 Å². The summed E-state index contributed by atoms with van der Waals surface area (Å²) in [6.45, 7) is 8.40. The Bertz CT molecular complexity index is 785. The van der Waals surface area contributed by atoms with Crippen LogP contribution in [0, 0.1) is 0 Å². The lowest BCUT2D eigenvalue weighted by Gasteiger charge is -2.19. The number of phenolic OH excluding ortho intramolecular Hbond substituents is 2. The summed E-state index contributed by atoms with van der Waals surface area (Å²) in [6, 6.07) is 10.5. The van der Waals surface area contributed by atoms with Crippen molar-refractivity contribution in [2.24, 2.45) is 0 Å². The Balaban J connectivity index is 2.03. The summed E-state index contributed by atoms with van der Waals surface area (Å²) in [5.74, 6) is 0.113. The van der Waals surface area contributed by atoms with E-state index in [1.807, 2.05) is 24.3 Å². The van der Waals surface area contributed by atoms with E-state index in [9.17, 15) is 15.0 Å². The highest BCUT2D eigenvalue weighted by Crippen LogP contribution is 2.29. The number of ketones is 1. The van der Waals surface area contributed by atoms with Gasteiger partial charge in [-0.2, -0.15) is 0 Å². The molecule has 0 amide bonds. The van der Waals surface area contributed by atoms with E-state index in [2.05, 4.69) is 27.7 Å². The van der Waals surface area contributed by atoms with Crippen LogP contribution >= 0.6 is 0 Å². The molecular weight excluding hydrogens is 352 g/mol. The number of hydrogen-bond donors (Lipinski definition) is 2. The molecule has 0 aliphatic heterocycles. The first-order valence-electron chi connectivity index (χ1n) is 10.0. The zero-order valence-corrected chi connectivity index (χ0v) is 17.4. The third-order valence-corrected chi connectivity index (χ3v) is 4.89. The first kappa shape index (κ1) is 21.8. The van der Waals surface area contributed by atoms with Crippen molar-refractivity contribution in [2.75, 3.05) is 6.61 Å². The maximum Gasteiger partial charge on any atom is 0.203 e. The van der Waals surface area contributed by atoms with Crippen molar-refractivity contribution in [3.63, 3.8) is 0 Å². The van der Waals surface area contributed by atoms with Gasteiger partial charge in [-0.3, -0.25) is 4.79 Å². The molecule has 4 nitrogen and oxygen atoms in total. The second kappa shape index (κ2) is 9.63. The summed E-state index contributed by atoms with van der Waals surface area (Å²) >= 11 is 0. The van der Waals surface area contributed by atoms with Gasteiger partial charge in [0.25, 0.3) is 0 Å². The minimum atomic E-state index is -0.313. The maximum absolute atomic E-state index is 12.5. The number of phenols is 2. The van der Waals surface area contributed by atoms with Crippen molar-refractivity contribution in [1.29, 1.82) is 0 Å². The number of rotatable bonds is 9. The number of Topliss-reactive ketones (excluding diaryl/α,β-unsaturated/α-hetero) is 1. The molecule has 2 rings (SSSR count). The number of aryl methyl sites for hydroxylation is 1. The molecule has 0 atom stereocenters. The van der Waals surface area contributed by atoms with Gasteiger partial charge in [-0.05, 0) is 47.6 Å². The van der Waals surface area contributed by atoms with E-state index in [1.165, 1.54) is 11.6 Å². The fourth-order valence-corrected chi connectivity index (χ4v) is 3.07. The van der Waals surface area contributed by atoms with Crippen LogP contribution in [0.15, 0.2) is 36.4 Å². The summed E-state index contributed by atoms with van der Waals surface area (Å²) in [4.78, 5) is 12.5. The topological polar surface area (TPSA) is 66.8 Å². The molecular formula is C24H32O4. The van der Waals surface area contributed by atoms with Gasteiger partial charge in [-0.1, -0.05) is 59.1 Å². The maximum atomic E-state index is 12.5. The number of ether oxygens (including phenoxy) is 1.